The molecule has 0 atom stereocenters. The number of nitrogens with zero attached hydrogens (tertiary/aromatic N) is 5. The van der Waals surface area contributed by atoms with Crippen molar-refractivity contribution in [1.29, 1.82) is 0 Å². The topological polar surface area (TPSA) is 94.2 Å². The van der Waals surface area contributed by atoms with Gasteiger partial charge in [-0.2, -0.15) is 5.10 Å². The van der Waals surface area contributed by atoms with Crippen LogP contribution in [0.2, 0.25) is 0 Å². The highest BCUT2D eigenvalue weighted by Gasteiger charge is 2.18. The summed E-state index contributed by atoms with van der Waals surface area (Å²) in [5, 5.41) is 12.8. The van der Waals surface area contributed by atoms with Gasteiger partial charge in [-0.3, -0.25) is 15.0 Å². The highest BCUT2D eigenvalue weighted by Crippen LogP contribution is 2.29. The van der Waals surface area contributed by atoms with E-state index in [2.05, 4.69) is 20.7 Å². The monoisotopic (exact) mass is 366 g/mol. The molecule has 136 valence electrons. The Morgan fingerprint density at radius 2 is 1.93 bits per heavy atom. The number of carbonyl (C=O) groups excluding carboxylic acids is 1. The summed E-state index contributed by atoms with van der Waals surface area (Å²) in [5.41, 5.74) is 5.19. The predicted octanol–water partition coefficient (Wildman–Crippen LogP) is 1.90. The number of hydrogen-bond acceptors (Lipinski definition) is 5. The van der Waals surface area contributed by atoms with Gasteiger partial charge >= 0.3 is 0 Å². The average molecular weight is 366 g/mol. The maximum absolute atomic E-state index is 13.3. The molecule has 0 saturated heterocycles. The maximum Gasteiger partial charge on any atom is 0.299 e. The van der Waals surface area contributed by atoms with Crippen LogP contribution in [-0.4, -0.2) is 30.4 Å². The molecular weight excluding hydrogens is 351 g/mol. The number of pyridine rings is 1. The SMILES string of the molecule is CCc1nn2c(nnc3c(=O)n(NC(C)=O)ccc32)c1-c1ccc(F)cc1. The number of fused-ring (bicyclic) bond motifs is 3. The maximum atomic E-state index is 13.3. The lowest BCUT2D eigenvalue weighted by Crippen LogP contribution is -2.32. The van der Waals surface area contributed by atoms with Crippen LogP contribution in [0.3, 0.4) is 0 Å². The van der Waals surface area contributed by atoms with E-state index in [1.165, 1.54) is 25.3 Å². The summed E-state index contributed by atoms with van der Waals surface area (Å²) in [4.78, 5) is 23.8. The molecule has 1 aromatic carbocycles. The fourth-order valence-electron chi connectivity index (χ4n) is 3.01. The number of amides is 1. The van der Waals surface area contributed by atoms with Gasteiger partial charge in [0.05, 0.1) is 11.3 Å². The third kappa shape index (κ3) is 2.73. The molecule has 3 heterocycles. The number of benzene rings is 1. The van der Waals surface area contributed by atoms with Crippen LogP contribution in [0.25, 0.3) is 27.8 Å². The van der Waals surface area contributed by atoms with E-state index in [-0.39, 0.29) is 17.2 Å². The lowest BCUT2D eigenvalue weighted by molar-refractivity contribution is -0.115. The quantitative estimate of drug-likeness (QED) is 0.598. The molecule has 9 heteroatoms. The van der Waals surface area contributed by atoms with Gasteiger partial charge in [0.2, 0.25) is 5.91 Å². The summed E-state index contributed by atoms with van der Waals surface area (Å²) >= 11 is 0. The van der Waals surface area contributed by atoms with E-state index in [0.29, 0.717) is 17.6 Å². The molecule has 0 radical (unpaired) electrons. The van der Waals surface area contributed by atoms with Gasteiger partial charge in [-0.05, 0) is 30.2 Å². The predicted molar refractivity (Wildman–Crippen MR) is 97.4 cm³/mol. The standard InChI is InChI=1S/C18H15FN6O2/c1-3-13-15(11-4-6-12(19)7-5-11)17-21-20-16-14(25(17)23-13)8-9-24(18(16)27)22-10(2)26/h4-9H,3H2,1-2H3,(H,22,26). The van der Waals surface area contributed by atoms with Crippen LogP contribution in [0, 0.1) is 5.82 Å². The van der Waals surface area contributed by atoms with Gasteiger partial charge in [0.25, 0.3) is 5.56 Å². The average Bonchev–Trinajstić information content (AvgIpc) is 3.03. The van der Waals surface area contributed by atoms with Crippen molar-refractivity contribution in [2.75, 3.05) is 5.43 Å². The van der Waals surface area contributed by atoms with E-state index in [1.807, 2.05) is 6.92 Å². The Morgan fingerprint density at radius 1 is 1.19 bits per heavy atom. The third-order valence-corrected chi connectivity index (χ3v) is 4.20. The molecule has 4 rings (SSSR count). The van der Waals surface area contributed by atoms with E-state index in [1.54, 1.807) is 22.7 Å². The van der Waals surface area contributed by atoms with Crippen molar-refractivity contribution < 1.29 is 9.18 Å². The molecule has 0 unspecified atom stereocenters. The molecule has 1 N–H and O–H groups in total. The van der Waals surface area contributed by atoms with Crippen molar-refractivity contribution in [3.8, 4) is 11.1 Å². The van der Waals surface area contributed by atoms with E-state index in [9.17, 15) is 14.0 Å². The zero-order valence-electron chi connectivity index (χ0n) is 14.6. The Kier molecular flexibility index (Phi) is 3.91. The molecule has 0 fully saturated rings. The van der Waals surface area contributed by atoms with Gasteiger partial charge in [0.1, 0.15) is 11.3 Å². The van der Waals surface area contributed by atoms with Crippen molar-refractivity contribution >= 4 is 22.6 Å². The van der Waals surface area contributed by atoms with Gasteiger partial charge < -0.3 is 0 Å². The Balaban J connectivity index is 2.01. The van der Waals surface area contributed by atoms with Crippen LogP contribution in [-0.2, 0) is 11.2 Å². The zero-order chi connectivity index (χ0) is 19.1. The van der Waals surface area contributed by atoms with Gasteiger partial charge in [0.15, 0.2) is 11.2 Å². The Hall–Kier alpha value is -3.62. The first kappa shape index (κ1) is 16.8. The zero-order valence-corrected chi connectivity index (χ0v) is 14.6. The minimum atomic E-state index is -0.506. The van der Waals surface area contributed by atoms with E-state index < -0.39 is 5.56 Å². The van der Waals surface area contributed by atoms with Crippen molar-refractivity contribution in [3.63, 3.8) is 0 Å². The van der Waals surface area contributed by atoms with Crippen molar-refractivity contribution in [1.82, 2.24) is 24.5 Å². The summed E-state index contributed by atoms with van der Waals surface area (Å²) < 4.78 is 15.9. The molecule has 8 nitrogen and oxygen atoms in total. The van der Waals surface area contributed by atoms with E-state index in [4.69, 9.17) is 0 Å². The van der Waals surface area contributed by atoms with Crippen molar-refractivity contribution in [2.24, 2.45) is 0 Å². The third-order valence-electron chi connectivity index (χ3n) is 4.20. The summed E-state index contributed by atoms with van der Waals surface area (Å²) in [6.07, 6.45) is 2.07. The molecule has 0 aliphatic carbocycles. The Morgan fingerprint density at radius 3 is 2.59 bits per heavy atom. The highest BCUT2D eigenvalue weighted by atomic mass is 19.1. The van der Waals surface area contributed by atoms with E-state index in [0.717, 1.165) is 21.5 Å². The number of carbonyl (C=O) groups is 1. The van der Waals surface area contributed by atoms with Gasteiger partial charge in [0, 0.05) is 13.1 Å². The van der Waals surface area contributed by atoms with Crippen LogP contribution in [0.5, 0.6) is 0 Å². The normalized spacial score (nSPS) is 11.2. The molecule has 1 amide bonds. The summed E-state index contributed by atoms with van der Waals surface area (Å²) in [7, 11) is 0. The van der Waals surface area contributed by atoms with Crippen molar-refractivity contribution in [2.45, 2.75) is 20.3 Å². The van der Waals surface area contributed by atoms with Crippen LogP contribution in [0.15, 0.2) is 41.3 Å². The van der Waals surface area contributed by atoms with Crippen LogP contribution in [0.1, 0.15) is 19.5 Å². The second kappa shape index (κ2) is 6.27. The molecular formula is C18H15FN6O2. The van der Waals surface area contributed by atoms with Gasteiger partial charge in [-0.25, -0.2) is 13.6 Å². The first-order valence-electron chi connectivity index (χ1n) is 8.32. The van der Waals surface area contributed by atoms with Crippen molar-refractivity contribution in [3.05, 3.63) is 58.4 Å². The van der Waals surface area contributed by atoms with E-state index >= 15 is 0 Å². The molecule has 0 bridgehead atoms. The summed E-state index contributed by atoms with van der Waals surface area (Å²) in [6, 6.07) is 7.70. The number of nitrogens with one attached hydrogen (secondary N) is 1. The van der Waals surface area contributed by atoms with Crippen LogP contribution >= 0.6 is 0 Å². The van der Waals surface area contributed by atoms with Gasteiger partial charge in [-0.1, -0.05) is 19.1 Å². The number of halogens is 1. The Labute approximate surface area is 152 Å². The lowest BCUT2D eigenvalue weighted by atomic mass is 10.0. The minimum absolute atomic E-state index is 0.0783. The Bertz CT molecular complexity index is 1240. The summed E-state index contributed by atoms with van der Waals surface area (Å²) in [6.45, 7) is 3.26. The fourth-order valence-corrected chi connectivity index (χ4v) is 3.01. The molecule has 0 aliphatic heterocycles. The van der Waals surface area contributed by atoms with Crippen LogP contribution in [0.4, 0.5) is 4.39 Å². The molecule has 27 heavy (non-hydrogen) atoms. The van der Waals surface area contributed by atoms with Gasteiger partial charge in [-0.15, -0.1) is 10.2 Å². The molecule has 3 aromatic heterocycles. The number of hydrogen-bond donors (Lipinski definition) is 1. The number of aryl methyl sites for hydroxylation is 1. The highest BCUT2D eigenvalue weighted by molar-refractivity contribution is 5.85. The molecule has 0 saturated carbocycles. The number of rotatable bonds is 3. The smallest absolute Gasteiger partial charge is 0.274 e. The van der Waals surface area contributed by atoms with Crippen LogP contribution < -0.4 is 11.0 Å². The number of aromatic nitrogens is 5. The first-order valence-corrected chi connectivity index (χ1v) is 8.32. The molecule has 4 aromatic rings. The minimum Gasteiger partial charge on any atom is -0.274 e. The summed E-state index contributed by atoms with van der Waals surface area (Å²) in [5.74, 6) is -0.709. The second-order valence-electron chi connectivity index (χ2n) is 6.01. The fraction of sp³-hybridized carbons (Fsp3) is 0.167. The first-order chi connectivity index (χ1) is 13.0. The largest absolute Gasteiger partial charge is 0.299 e. The molecule has 0 spiro atoms. The lowest BCUT2D eigenvalue weighted by Gasteiger charge is -2.07. The molecule has 0 aliphatic rings. The second-order valence-corrected chi connectivity index (χ2v) is 6.01.